The molecule has 2 aromatic rings. The van der Waals surface area contributed by atoms with Crippen molar-refractivity contribution in [2.24, 2.45) is 0 Å². The molecule has 0 radical (unpaired) electrons. The van der Waals surface area contributed by atoms with Crippen molar-refractivity contribution in [3.05, 3.63) is 59.4 Å². The van der Waals surface area contributed by atoms with Gasteiger partial charge in [0.2, 0.25) is 11.6 Å². The molecule has 3 rings (SSSR count). The molecule has 0 amide bonds. The predicted molar refractivity (Wildman–Crippen MR) is 93.3 cm³/mol. The van der Waals surface area contributed by atoms with Crippen molar-refractivity contribution in [1.29, 1.82) is 0 Å². The zero-order chi connectivity index (χ0) is 19.4. The molecule has 0 saturated carbocycles. The van der Waals surface area contributed by atoms with Gasteiger partial charge in [0.1, 0.15) is 5.69 Å². The van der Waals surface area contributed by atoms with Crippen molar-refractivity contribution in [1.82, 2.24) is 10.3 Å². The number of ether oxygens (including phenoxy) is 1. The third kappa shape index (κ3) is 4.39. The van der Waals surface area contributed by atoms with Gasteiger partial charge in [0.25, 0.3) is 11.9 Å². The Labute approximate surface area is 154 Å². The normalized spacial score (nSPS) is 17.5. The van der Waals surface area contributed by atoms with Crippen molar-refractivity contribution in [3.63, 3.8) is 0 Å². The third-order valence-corrected chi connectivity index (χ3v) is 4.87. The maximum Gasteiger partial charge on any atom is 0.253 e. The Kier molecular flexibility index (Phi) is 5.96. The Morgan fingerprint density at radius 1 is 1.04 bits per heavy atom. The van der Waals surface area contributed by atoms with Crippen molar-refractivity contribution in [2.45, 2.75) is 31.3 Å². The highest BCUT2D eigenvalue weighted by atomic mass is 19.2. The number of pyridine rings is 1. The van der Waals surface area contributed by atoms with Crippen LogP contribution >= 0.6 is 0 Å². The van der Waals surface area contributed by atoms with Gasteiger partial charge in [-0.25, -0.2) is 0 Å². The largest absolute Gasteiger partial charge is 0.381 e. The summed E-state index contributed by atoms with van der Waals surface area (Å²) >= 11 is 0. The number of anilines is 1. The van der Waals surface area contributed by atoms with Crippen LogP contribution in [-0.2, 0) is 4.74 Å². The van der Waals surface area contributed by atoms with Crippen molar-refractivity contribution < 1.29 is 22.3 Å². The predicted octanol–water partition coefficient (Wildman–Crippen LogP) is 3.95. The van der Waals surface area contributed by atoms with E-state index in [1.54, 1.807) is 0 Å². The van der Waals surface area contributed by atoms with E-state index in [-0.39, 0.29) is 12.6 Å². The standard InChI is InChI=1S/C19H21F4N3O/c1-12(13-5-3-2-4-6-13)26-19(7-9-27-10-8-19)11-24-16-14(20)17(22)25-18(23)15(16)21/h2-6,12,26H,7-11H2,1H3,(H,24,25). The maximum atomic E-state index is 13.9. The molecule has 1 unspecified atom stereocenters. The van der Waals surface area contributed by atoms with E-state index in [0.717, 1.165) is 5.56 Å². The van der Waals surface area contributed by atoms with E-state index in [1.165, 1.54) is 0 Å². The average Bonchev–Trinajstić information content (AvgIpc) is 2.68. The summed E-state index contributed by atoms with van der Waals surface area (Å²) in [6.07, 6.45) is 1.16. The van der Waals surface area contributed by atoms with Crippen LogP contribution in [0, 0.1) is 23.5 Å². The van der Waals surface area contributed by atoms with Crippen LogP contribution in [0.15, 0.2) is 30.3 Å². The van der Waals surface area contributed by atoms with E-state index < -0.39 is 34.8 Å². The lowest BCUT2D eigenvalue weighted by Crippen LogP contribution is -2.54. The number of nitrogens with one attached hydrogen (secondary N) is 2. The number of nitrogens with zero attached hydrogens (tertiary/aromatic N) is 1. The summed E-state index contributed by atoms with van der Waals surface area (Å²) in [4.78, 5) is 2.57. The van der Waals surface area contributed by atoms with Gasteiger partial charge >= 0.3 is 0 Å². The average molecular weight is 383 g/mol. The molecule has 146 valence electrons. The second-order valence-electron chi connectivity index (χ2n) is 6.72. The van der Waals surface area contributed by atoms with E-state index in [1.807, 2.05) is 37.3 Å². The molecule has 1 fully saturated rings. The highest BCUT2D eigenvalue weighted by Gasteiger charge is 2.35. The van der Waals surface area contributed by atoms with Gasteiger partial charge < -0.3 is 15.4 Å². The molecule has 2 N–H and O–H groups in total. The zero-order valence-corrected chi connectivity index (χ0v) is 14.9. The first-order chi connectivity index (χ1) is 12.9. The zero-order valence-electron chi connectivity index (χ0n) is 14.9. The molecule has 1 aliphatic heterocycles. The number of halogens is 4. The van der Waals surface area contributed by atoms with Crippen LogP contribution in [-0.4, -0.2) is 30.3 Å². The number of hydrogen-bond acceptors (Lipinski definition) is 4. The summed E-state index contributed by atoms with van der Waals surface area (Å²) < 4.78 is 59.9. The van der Waals surface area contributed by atoms with E-state index in [0.29, 0.717) is 26.1 Å². The van der Waals surface area contributed by atoms with Crippen LogP contribution in [0.1, 0.15) is 31.4 Å². The SMILES string of the molecule is CC(NC1(CNc2c(F)c(F)nc(F)c2F)CCOCC1)c1ccccc1. The Bertz CT molecular complexity index is 756. The van der Waals surface area contributed by atoms with Crippen LogP contribution < -0.4 is 10.6 Å². The first kappa shape index (κ1) is 19.6. The van der Waals surface area contributed by atoms with Crippen molar-refractivity contribution in [2.75, 3.05) is 25.1 Å². The fraction of sp³-hybridized carbons (Fsp3) is 0.421. The van der Waals surface area contributed by atoms with Gasteiger partial charge in [-0.1, -0.05) is 30.3 Å². The summed E-state index contributed by atoms with van der Waals surface area (Å²) in [6.45, 7) is 3.00. The summed E-state index contributed by atoms with van der Waals surface area (Å²) in [5.74, 6) is -6.43. The molecule has 1 saturated heterocycles. The first-order valence-electron chi connectivity index (χ1n) is 8.76. The minimum absolute atomic E-state index is 0.0355. The molecule has 0 aliphatic carbocycles. The fourth-order valence-electron chi connectivity index (χ4n) is 3.32. The van der Waals surface area contributed by atoms with Crippen LogP contribution in [0.5, 0.6) is 0 Å². The monoisotopic (exact) mass is 383 g/mol. The second-order valence-corrected chi connectivity index (χ2v) is 6.72. The molecule has 1 aromatic heterocycles. The first-order valence-corrected chi connectivity index (χ1v) is 8.76. The van der Waals surface area contributed by atoms with Gasteiger partial charge in [0.15, 0.2) is 0 Å². The minimum Gasteiger partial charge on any atom is -0.381 e. The second kappa shape index (κ2) is 8.22. The quantitative estimate of drug-likeness (QED) is 0.586. The highest BCUT2D eigenvalue weighted by molar-refractivity contribution is 5.45. The molecular formula is C19H21F4N3O. The van der Waals surface area contributed by atoms with Crippen LogP contribution in [0.3, 0.4) is 0 Å². The summed E-state index contributed by atoms with van der Waals surface area (Å²) in [7, 11) is 0. The van der Waals surface area contributed by atoms with Gasteiger partial charge in [-0.3, -0.25) is 0 Å². The lowest BCUT2D eigenvalue weighted by molar-refractivity contribution is 0.0389. The fourth-order valence-corrected chi connectivity index (χ4v) is 3.32. The Hall–Kier alpha value is -2.19. The Morgan fingerprint density at radius 2 is 1.63 bits per heavy atom. The number of hydrogen-bond donors (Lipinski definition) is 2. The molecule has 2 heterocycles. The minimum atomic E-state index is -1.68. The highest BCUT2D eigenvalue weighted by Crippen LogP contribution is 2.28. The molecule has 0 bridgehead atoms. The van der Waals surface area contributed by atoms with Crippen molar-refractivity contribution >= 4 is 5.69 Å². The third-order valence-electron chi connectivity index (χ3n) is 4.87. The molecule has 0 spiro atoms. The number of rotatable bonds is 6. The van der Waals surface area contributed by atoms with E-state index in [4.69, 9.17) is 4.74 Å². The molecule has 1 aliphatic rings. The van der Waals surface area contributed by atoms with E-state index >= 15 is 0 Å². The summed E-state index contributed by atoms with van der Waals surface area (Å²) in [6, 6.07) is 9.69. The molecule has 1 atom stereocenters. The molecule has 27 heavy (non-hydrogen) atoms. The van der Waals surface area contributed by atoms with Gasteiger partial charge in [-0.05, 0) is 25.3 Å². The lowest BCUT2D eigenvalue weighted by Gasteiger charge is -2.41. The molecule has 4 nitrogen and oxygen atoms in total. The van der Waals surface area contributed by atoms with Gasteiger partial charge in [-0.15, -0.1) is 0 Å². The molecular weight excluding hydrogens is 362 g/mol. The summed E-state index contributed by atoms with van der Waals surface area (Å²) in [5, 5.41) is 6.04. The number of benzene rings is 1. The summed E-state index contributed by atoms with van der Waals surface area (Å²) in [5.41, 5.74) is -0.343. The topological polar surface area (TPSA) is 46.2 Å². The van der Waals surface area contributed by atoms with Crippen molar-refractivity contribution in [3.8, 4) is 0 Å². The van der Waals surface area contributed by atoms with Crippen LogP contribution in [0.2, 0.25) is 0 Å². The van der Waals surface area contributed by atoms with Crippen LogP contribution in [0.25, 0.3) is 0 Å². The van der Waals surface area contributed by atoms with Gasteiger partial charge in [-0.2, -0.15) is 22.5 Å². The molecule has 1 aromatic carbocycles. The van der Waals surface area contributed by atoms with E-state index in [9.17, 15) is 17.6 Å². The van der Waals surface area contributed by atoms with Gasteiger partial charge in [0.05, 0.1) is 0 Å². The van der Waals surface area contributed by atoms with Gasteiger partial charge in [0, 0.05) is 31.3 Å². The van der Waals surface area contributed by atoms with E-state index in [2.05, 4.69) is 15.6 Å². The molecule has 8 heteroatoms. The lowest BCUT2D eigenvalue weighted by atomic mass is 9.88. The Morgan fingerprint density at radius 3 is 2.22 bits per heavy atom. The maximum absolute atomic E-state index is 13.9. The Balaban J connectivity index is 1.80. The smallest absolute Gasteiger partial charge is 0.253 e. The van der Waals surface area contributed by atoms with Crippen LogP contribution in [0.4, 0.5) is 23.2 Å². The number of aromatic nitrogens is 1.